The van der Waals surface area contributed by atoms with Gasteiger partial charge in [0.2, 0.25) is 5.88 Å². The van der Waals surface area contributed by atoms with Crippen LogP contribution >= 0.6 is 0 Å². The number of nitrogens with two attached hydrogens (primary N) is 1. The standard InChI is InChI=1S/C19H17F3N4O2/c20-19(21,22)13-5-8-15(24-11-13)27-14-6-3-12(4-7-14)16-25-17(26-28-16)18(23)9-1-2-10-18/h3-8,11H,1-2,9-10,23H2. The molecule has 3 aromatic rings. The molecule has 0 bridgehead atoms. The lowest BCUT2D eigenvalue weighted by Gasteiger charge is -2.17. The summed E-state index contributed by atoms with van der Waals surface area (Å²) in [6, 6.07) is 8.81. The van der Waals surface area contributed by atoms with Crippen LogP contribution < -0.4 is 10.5 Å². The van der Waals surface area contributed by atoms with Gasteiger partial charge < -0.3 is 15.0 Å². The number of hydrogen-bond acceptors (Lipinski definition) is 6. The molecule has 2 aromatic heterocycles. The SMILES string of the molecule is NC1(c2noc(-c3ccc(Oc4ccc(C(F)(F)F)cn4)cc3)n2)CCCC1. The van der Waals surface area contributed by atoms with Crippen molar-refractivity contribution < 1.29 is 22.4 Å². The lowest BCUT2D eigenvalue weighted by Crippen LogP contribution is -2.34. The Morgan fingerprint density at radius 1 is 1.04 bits per heavy atom. The molecule has 1 saturated carbocycles. The van der Waals surface area contributed by atoms with Crippen molar-refractivity contribution in [2.75, 3.05) is 0 Å². The van der Waals surface area contributed by atoms with Gasteiger partial charge >= 0.3 is 6.18 Å². The summed E-state index contributed by atoms with van der Waals surface area (Å²) in [4.78, 5) is 8.10. The fraction of sp³-hybridized carbons (Fsp3) is 0.316. The molecule has 1 aliphatic rings. The first kappa shape index (κ1) is 18.4. The van der Waals surface area contributed by atoms with E-state index < -0.39 is 17.3 Å². The van der Waals surface area contributed by atoms with Crippen LogP contribution in [0.5, 0.6) is 11.6 Å². The smallest absolute Gasteiger partial charge is 0.417 e. The van der Waals surface area contributed by atoms with Crippen molar-refractivity contribution in [3.05, 3.63) is 54.0 Å². The van der Waals surface area contributed by atoms with Gasteiger partial charge in [0.25, 0.3) is 5.89 Å². The first-order valence-electron chi connectivity index (χ1n) is 8.78. The van der Waals surface area contributed by atoms with Gasteiger partial charge in [-0.1, -0.05) is 18.0 Å². The summed E-state index contributed by atoms with van der Waals surface area (Å²) in [6.45, 7) is 0. The van der Waals surface area contributed by atoms with E-state index in [9.17, 15) is 13.2 Å². The number of nitrogens with zero attached hydrogens (tertiary/aromatic N) is 3. The molecule has 0 amide bonds. The molecule has 146 valence electrons. The fourth-order valence-electron chi connectivity index (χ4n) is 3.17. The fourth-order valence-corrected chi connectivity index (χ4v) is 3.17. The van der Waals surface area contributed by atoms with E-state index in [0.717, 1.165) is 37.9 Å². The minimum absolute atomic E-state index is 0.0622. The summed E-state index contributed by atoms with van der Waals surface area (Å²) in [5.74, 6) is 1.34. The molecular weight excluding hydrogens is 373 g/mol. The summed E-state index contributed by atoms with van der Waals surface area (Å²) < 4.78 is 48.5. The first-order valence-corrected chi connectivity index (χ1v) is 8.78. The van der Waals surface area contributed by atoms with Crippen LogP contribution in [0.1, 0.15) is 37.1 Å². The molecule has 6 nitrogen and oxygen atoms in total. The van der Waals surface area contributed by atoms with E-state index in [-0.39, 0.29) is 5.88 Å². The minimum atomic E-state index is -4.43. The Balaban J connectivity index is 1.46. The molecule has 0 spiro atoms. The van der Waals surface area contributed by atoms with Crippen molar-refractivity contribution in [3.8, 4) is 23.1 Å². The monoisotopic (exact) mass is 390 g/mol. The Morgan fingerprint density at radius 2 is 1.75 bits per heavy atom. The Labute approximate surface area is 158 Å². The van der Waals surface area contributed by atoms with E-state index in [4.69, 9.17) is 15.0 Å². The number of hydrogen-bond donors (Lipinski definition) is 1. The predicted molar refractivity (Wildman–Crippen MR) is 93.4 cm³/mol. The molecule has 0 aliphatic heterocycles. The molecule has 28 heavy (non-hydrogen) atoms. The van der Waals surface area contributed by atoms with Gasteiger partial charge in [-0.15, -0.1) is 0 Å². The number of rotatable bonds is 4. The predicted octanol–water partition coefficient (Wildman–Crippen LogP) is 4.67. The van der Waals surface area contributed by atoms with E-state index in [0.29, 0.717) is 23.0 Å². The second kappa shape index (κ2) is 6.90. The highest BCUT2D eigenvalue weighted by Gasteiger charge is 2.36. The van der Waals surface area contributed by atoms with Crippen LogP contribution in [0.25, 0.3) is 11.5 Å². The Kier molecular flexibility index (Phi) is 4.54. The molecule has 9 heteroatoms. The highest BCUT2D eigenvalue weighted by Crippen LogP contribution is 2.36. The summed E-state index contributed by atoms with van der Waals surface area (Å²) in [7, 11) is 0. The molecule has 1 fully saturated rings. The van der Waals surface area contributed by atoms with E-state index in [1.165, 1.54) is 6.07 Å². The highest BCUT2D eigenvalue weighted by atomic mass is 19.4. The minimum Gasteiger partial charge on any atom is -0.439 e. The van der Waals surface area contributed by atoms with Crippen molar-refractivity contribution in [1.82, 2.24) is 15.1 Å². The quantitative estimate of drug-likeness (QED) is 0.697. The second-order valence-corrected chi connectivity index (χ2v) is 6.80. The average Bonchev–Trinajstić information content (AvgIpc) is 3.32. The maximum Gasteiger partial charge on any atom is 0.417 e. The third-order valence-corrected chi connectivity index (χ3v) is 4.75. The molecule has 1 aliphatic carbocycles. The van der Waals surface area contributed by atoms with Gasteiger partial charge in [-0.25, -0.2) is 4.98 Å². The molecule has 1 aromatic carbocycles. The van der Waals surface area contributed by atoms with Gasteiger partial charge in [0, 0.05) is 17.8 Å². The summed E-state index contributed by atoms with van der Waals surface area (Å²) in [6.07, 6.45) is 0.0542. The maximum absolute atomic E-state index is 12.6. The normalized spacial score (nSPS) is 16.3. The molecular formula is C19H17F3N4O2. The Hall–Kier alpha value is -2.94. The van der Waals surface area contributed by atoms with Crippen LogP contribution in [0.15, 0.2) is 47.1 Å². The lowest BCUT2D eigenvalue weighted by molar-refractivity contribution is -0.137. The molecule has 4 rings (SSSR count). The molecule has 0 unspecified atom stereocenters. The third-order valence-electron chi connectivity index (χ3n) is 4.75. The molecule has 0 saturated heterocycles. The second-order valence-electron chi connectivity index (χ2n) is 6.80. The van der Waals surface area contributed by atoms with Crippen LogP contribution in [0.4, 0.5) is 13.2 Å². The van der Waals surface area contributed by atoms with E-state index in [2.05, 4.69) is 15.1 Å². The highest BCUT2D eigenvalue weighted by molar-refractivity contribution is 5.54. The number of pyridine rings is 1. The zero-order valence-corrected chi connectivity index (χ0v) is 14.7. The lowest BCUT2D eigenvalue weighted by atomic mass is 9.99. The summed E-state index contributed by atoms with van der Waals surface area (Å²) in [5, 5.41) is 4.02. The molecule has 0 radical (unpaired) electrons. The number of ether oxygens (including phenoxy) is 1. The van der Waals surface area contributed by atoms with Crippen LogP contribution in [-0.2, 0) is 11.7 Å². The van der Waals surface area contributed by atoms with E-state index >= 15 is 0 Å². The maximum atomic E-state index is 12.6. The van der Waals surface area contributed by atoms with Gasteiger partial charge in [0.1, 0.15) is 5.75 Å². The van der Waals surface area contributed by atoms with Crippen molar-refractivity contribution in [1.29, 1.82) is 0 Å². The Bertz CT molecular complexity index is 947. The van der Waals surface area contributed by atoms with Gasteiger partial charge in [-0.3, -0.25) is 0 Å². The first-order chi connectivity index (χ1) is 13.3. The van der Waals surface area contributed by atoms with Gasteiger partial charge in [0.05, 0.1) is 11.1 Å². The van der Waals surface area contributed by atoms with E-state index in [1.807, 2.05) is 0 Å². The Morgan fingerprint density at radius 3 is 2.36 bits per heavy atom. The van der Waals surface area contributed by atoms with Gasteiger partial charge in [-0.2, -0.15) is 18.2 Å². The van der Waals surface area contributed by atoms with Gasteiger partial charge in [-0.05, 0) is 43.2 Å². The topological polar surface area (TPSA) is 87.1 Å². The average molecular weight is 390 g/mol. The van der Waals surface area contributed by atoms with Crippen LogP contribution in [0, 0.1) is 0 Å². The van der Waals surface area contributed by atoms with Crippen molar-refractivity contribution in [2.45, 2.75) is 37.4 Å². The van der Waals surface area contributed by atoms with Crippen molar-refractivity contribution >= 4 is 0 Å². The number of benzene rings is 1. The molecule has 2 N–H and O–H groups in total. The largest absolute Gasteiger partial charge is 0.439 e. The van der Waals surface area contributed by atoms with Crippen molar-refractivity contribution in [3.63, 3.8) is 0 Å². The zero-order chi connectivity index (χ0) is 19.8. The number of halogens is 3. The summed E-state index contributed by atoms with van der Waals surface area (Å²) in [5.41, 5.74) is 5.67. The molecule has 0 atom stereocenters. The summed E-state index contributed by atoms with van der Waals surface area (Å²) >= 11 is 0. The van der Waals surface area contributed by atoms with Crippen LogP contribution in [0.2, 0.25) is 0 Å². The number of alkyl halides is 3. The third kappa shape index (κ3) is 3.70. The van der Waals surface area contributed by atoms with Crippen molar-refractivity contribution in [2.24, 2.45) is 5.73 Å². The van der Waals surface area contributed by atoms with E-state index in [1.54, 1.807) is 24.3 Å². The van der Waals surface area contributed by atoms with Crippen LogP contribution in [-0.4, -0.2) is 15.1 Å². The molecule has 2 heterocycles. The van der Waals surface area contributed by atoms with Crippen LogP contribution in [0.3, 0.4) is 0 Å². The van der Waals surface area contributed by atoms with Gasteiger partial charge in [0.15, 0.2) is 5.82 Å². The zero-order valence-electron chi connectivity index (χ0n) is 14.7. The number of aromatic nitrogens is 3.